The number of carbonyl (C=O) groups is 1. The summed E-state index contributed by atoms with van der Waals surface area (Å²) < 4.78 is 23.4. The molecule has 0 aliphatic heterocycles. The van der Waals surface area contributed by atoms with Crippen molar-refractivity contribution in [3.05, 3.63) is 85.1 Å². The third kappa shape index (κ3) is 55.3. The molecule has 0 rings (SSSR count). The van der Waals surface area contributed by atoms with Crippen molar-refractivity contribution in [3.8, 4) is 0 Å². The second-order valence-electron chi connectivity index (χ2n) is 21.0. The predicted molar refractivity (Wildman–Crippen MR) is 307 cm³/mol. The molecule has 0 radical (unpaired) electrons. The van der Waals surface area contributed by atoms with Gasteiger partial charge in [-0.15, -0.1) is 0 Å². The molecule has 0 aromatic heterocycles. The maximum atomic E-state index is 13.0. The minimum atomic E-state index is -4.58. The summed E-state index contributed by atoms with van der Waals surface area (Å²) in [4.78, 5) is 25.5. The number of nitrogens with zero attached hydrogens (tertiary/aromatic N) is 1. The van der Waals surface area contributed by atoms with Gasteiger partial charge in [0.2, 0.25) is 5.91 Å². The lowest BCUT2D eigenvalue weighted by Gasteiger charge is -2.30. The van der Waals surface area contributed by atoms with E-state index in [4.69, 9.17) is 9.05 Å². The molecule has 9 heteroatoms. The number of hydrogen-bond donors (Lipinski definition) is 2. The number of hydrogen-bond acceptors (Lipinski definition) is 6. The lowest BCUT2D eigenvalue weighted by Crippen LogP contribution is -2.46. The Bertz CT molecular complexity index is 1430. The lowest BCUT2D eigenvalue weighted by molar-refractivity contribution is -0.870. The second-order valence-corrected chi connectivity index (χ2v) is 22.4. The number of allylic oxidation sites excluding steroid dienone is 14. The average Bonchev–Trinajstić information content (AvgIpc) is 3.33. The molecule has 0 fully saturated rings. The van der Waals surface area contributed by atoms with Crippen molar-refractivity contribution in [2.45, 2.75) is 264 Å². The quantitative estimate of drug-likeness (QED) is 0.0272. The van der Waals surface area contributed by atoms with Crippen LogP contribution in [-0.4, -0.2) is 68.5 Å². The molecule has 412 valence electrons. The molecule has 0 bridgehead atoms. The number of aliphatic hydroxyl groups is 1. The van der Waals surface area contributed by atoms with E-state index in [1.165, 1.54) is 141 Å². The number of likely N-dealkylation sites (N-methyl/N-ethyl adjacent to an activating group) is 1. The van der Waals surface area contributed by atoms with Gasteiger partial charge in [0.15, 0.2) is 0 Å². The van der Waals surface area contributed by atoms with Crippen molar-refractivity contribution in [1.82, 2.24) is 5.32 Å². The largest absolute Gasteiger partial charge is 0.756 e. The fourth-order valence-corrected chi connectivity index (χ4v) is 9.04. The molecular formula is C62H113N2O6P. The molecule has 1 amide bonds. The van der Waals surface area contributed by atoms with Gasteiger partial charge < -0.3 is 28.8 Å². The van der Waals surface area contributed by atoms with Crippen molar-refractivity contribution in [3.63, 3.8) is 0 Å². The number of amides is 1. The summed E-state index contributed by atoms with van der Waals surface area (Å²) in [5.74, 6) is -0.170. The van der Waals surface area contributed by atoms with Gasteiger partial charge in [-0.05, 0) is 70.6 Å². The SMILES string of the molecule is CC/C=C\C/C=C\C/C=C\C/C=C\C/C=C\C/C=C\C/C=C\CCCCCCCCCCCCCC(=O)NC(COP(=O)([O-])OCC[N+](C)(C)C)C(O)CCCCCCCCCCCCCCCCCC. The van der Waals surface area contributed by atoms with E-state index in [0.717, 1.165) is 83.5 Å². The van der Waals surface area contributed by atoms with E-state index >= 15 is 0 Å². The molecule has 0 aliphatic carbocycles. The van der Waals surface area contributed by atoms with E-state index in [0.29, 0.717) is 23.9 Å². The van der Waals surface area contributed by atoms with Crippen LogP contribution in [0.1, 0.15) is 251 Å². The van der Waals surface area contributed by atoms with Crippen molar-refractivity contribution in [2.75, 3.05) is 40.9 Å². The van der Waals surface area contributed by atoms with E-state index in [1.54, 1.807) is 0 Å². The second kappa shape index (κ2) is 52.5. The molecular weight excluding hydrogens is 900 g/mol. The molecule has 3 atom stereocenters. The fourth-order valence-electron chi connectivity index (χ4n) is 8.32. The Hall–Kier alpha value is -2.32. The normalized spacial score (nSPS) is 14.5. The van der Waals surface area contributed by atoms with Crippen LogP contribution in [0.3, 0.4) is 0 Å². The summed E-state index contributed by atoms with van der Waals surface area (Å²) in [5.41, 5.74) is 0. The average molecular weight is 1010 g/mol. The molecule has 2 N–H and O–H groups in total. The number of carbonyl (C=O) groups excluding carboxylic acids is 1. The fraction of sp³-hybridized carbons (Fsp3) is 0.758. The highest BCUT2D eigenvalue weighted by Crippen LogP contribution is 2.38. The van der Waals surface area contributed by atoms with E-state index < -0.39 is 20.0 Å². The number of quaternary nitrogens is 1. The third-order valence-corrected chi connectivity index (χ3v) is 13.9. The van der Waals surface area contributed by atoms with Gasteiger partial charge in [0.05, 0.1) is 39.9 Å². The highest BCUT2D eigenvalue weighted by Gasteiger charge is 2.24. The Labute approximate surface area is 439 Å². The first-order valence-electron chi connectivity index (χ1n) is 29.4. The molecule has 0 aromatic carbocycles. The van der Waals surface area contributed by atoms with Crippen LogP contribution in [0.15, 0.2) is 85.1 Å². The van der Waals surface area contributed by atoms with Gasteiger partial charge in [-0.1, -0.05) is 259 Å². The van der Waals surface area contributed by atoms with Gasteiger partial charge in [0, 0.05) is 6.42 Å². The first-order chi connectivity index (χ1) is 34.5. The zero-order valence-corrected chi connectivity index (χ0v) is 47.8. The summed E-state index contributed by atoms with van der Waals surface area (Å²) in [7, 11) is 1.30. The van der Waals surface area contributed by atoms with Crippen LogP contribution in [0, 0.1) is 0 Å². The summed E-state index contributed by atoms with van der Waals surface area (Å²) in [5, 5.41) is 14.0. The number of nitrogens with one attached hydrogen (secondary N) is 1. The molecule has 0 spiro atoms. The molecule has 0 saturated heterocycles. The highest BCUT2D eigenvalue weighted by atomic mass is 31.2. The summed E-state index contributed by atoms with van der Waals surface area (Å²) >= 11 is 0. The molecule has 0 heterocycles. The number of phosphoric ester groups is 1. The smallest absolute Gasteiger partial charge is 0.268 e. The van der Waals surface area contributed by atoms with Crippen molar-refractivity contribution >= 4 is 13.7 Å². The number of aliphatic hydroxyl groups excluding tert-OH is 1. The van der Waals surface area contributed by atoms with Crippen LogP contribution in [0.2, 0.25) is 0 Å². The predicted octanol–water partition coefficient (Wildman–Crippen LogP) is 17.4. The van der Waals surface area contributed by atoms with Gasteiger partial charge in [0.1, 0.15) is 13.2 Å². The number of unbranched alkanes of at least 4 members (excludes halogenated alkanes) is 26. The number of rotatable bonds is 53. The van der Waals surface area contributed by atoms with E-state index in [9.17, 15) is 19.4 Å². The Morgan fingerprint density at radius 3 is 1.25 bits per heavy atom. The van der Waals surface area contributed by atoms with Crippen LogP contribution < -0.4 is 10.2 Å². The molecule has 71 heavy (non-hydrogen) atoms. The first kappa shape index (κ1) is 68.7. The van der Waals surface area contributed by atoms with Crippen LogP contribution in [-0.2, 0) is 18.4 Å². The summed E-state index contributed by atoms with van der Waals surface area (Å²) in [6, 6.07) is -0.807. The van der Waals surface area contributed by atoms with Crippen LogP contribution in [0.5, 0.6) is 0 Å². The van der Waals surface area contributed by atoms with Gasteiger partial charge in [-0.25, -0.2) is 0 Å². The van der Waals surface area contributed by atoms with E-state index in [-0.39, 0.29) is 19.1 Å². The maximum absolute atomic E-state index is 13.0. The van der Waals surface area contributed by atoms with Crippen molar-refractivity contribution in [1.29, 1.82) is 0 Å². The standard InChI is InChI=1S/C62H113N2O6P/c1-6-8-10-12-14-16-18-20-22-24-25-26-27-28-29-30-31-32-33-34-35-36-37-38-39-40-42-44-46-48-50-52-54-56-62(66)63-60(59-70-71(67,68)69-58-57-64(3,4)5)61(65)55-53-51-49-47-45-43-41-23-21-19-17-15-13-11-9-7-2/h8,10,14,16,20,22,25-26,28-29,31-32,34-35,60-61,65H,6-7,9,11-13,15,17-19,21,23-24,27,30,33,36-59H2,1-5H3,(H-,63,66,67,68)/b10-8-,16-14-,22-20-,26-25-,29-28-,32-31-,35-34-. The van der Waals surface area contributed by atoms with Crippen LogP contribution in [0.4, 0.5) is 0 Å². The van der Waals surface area contributed by atoms with Gasteiger partial charge in [0.25, 0.3) is 7.82 Å². The highest BCUT2D eigenvalue weighted by molar-refractivity contribution is 7.45. The van der Waals surface area contributed by atoms with Crippen LogP contribution in [0.25, 0.3) is 0 Å². The van der Waals surface area contributed by atoms with E-state index in [2.05, 4.69) is 104 Å². The van der Waals surface area contributed by atoms with Gasteiger partial charge in [-0.2, -0.15) is 0 Å². The van der Waals surface area contributed by atoms with E-state index in [1.807, 2.05) is 21.1 Å². The number of phosphoric acid groups is 1. The first-order valence-corrected chi connectivity index (χ1v) is 30.9. The van der Waals surface area contributed by atoms with Gasteiger partial charge >= 0.3 is 0 Å². The van der Waals surface area contributed by atoms with Crippen molar-refractivity contribution < 1.29 is 32.9 Å². The Morgan fingerprint density at radius 1 is 0.507 bits per heavy atom. The minimum absolute atomic E-state index is 0.00872. The third-order valence-electron chi connectivity index (χ3n) is 12.9. The Kier molecular flexibility index (Phi) is 50.8. The van der Waals surface area contributed by atoms with Gasteiger partial charge in [-0.3, -0.25) is 9.36 Å². The van der Waals surface area contributed by atoms with Crippen LogP contribution >= 0.6 is 7.82 Å². The zero-order valence-electron chi connectivity index (χ0n) is 46.9. The van der Waals surface area contributed by atoms with Crippen molar-refractivity contribution in [2.24, 2.45) is 0 Å². The zero-order chi connectivity index (χ0) is 52.0. The Morgan fingerprint density at radius 2 is 0.859 bits per heavy atom. The maximum Gasteiger partial charge on any atom is 0.268 e. The monoisotopic (exact) mass is 1010 g/mol. The molecule has 3 unspecified atom stereocenters. The summed E-state index contributed by atoms with van der Waals surface area (Å²) in [6.07, 6.45) is 73.3. The topological polar surface area (TPSA) is 108 Å². The molecule has 0 aromatic rings. The molecule has 0 saturated carbocycles. The molecule has 0 aliphatic rings. The molecule has 8 nitrogen and oxygen atoms in total. The minimum Gasteiger partial charge on any atom is -0.756 e. The summed E-state index contributed by atoms with van der Waals surface area (Å²) in [6.45, 7) is 4.61. The lowest BCUT2D eigenvalue weighted by atomic mass is 10.0. The Balaban J connectivity index is 4.12.